The summed E-state index contributed by atoms with van der Waals surface area (Å²) < 4.78 is 5.09. The van der Waals surface area contributed by atoms with Crippen LogP contribution in [0.15, 0.2) is 22.7 Å². The van der Waals surface area contributed by atoms with Gasteiger partial charge in [-0.25, -0.2) is 0 Å². The Kier molecular flexibility index (Phi) is 1.20. The minimum Gasteiger partial charge on any atom is -0.380 e. The first-order chi connectivity index (χ1) is 6.34. The van der Waals surface area contributed by atoms with E-state index in [0.29, 0.717) is 5.82 Å². The summed E-state index contributed by atoms with van der Waals surface area (Å²) in [6.45, 7) is 0. The van der Waals surface area contributed by atoms with Crippen LogP contribution >= 0.6 is 0 Å². The fourth-order valence-corrected chi connectivity index (χ4v) is 1.64. The summed E-state index contributed by atoms with van der Waals surface area (Å²) in [5.41, 5.74) is 7.77. The number of nitrogens with zero attached hydrogens (tertiary/aromatic N) is 1. The Morgan fingerprint density at radius 1 is 1.38 bits per heavy atom. The molecule has 1 aliphatic rings. The summed E-state index contributed by atoms with van der Waals surface area (Å²) in [5, 5.41) is 4.64. The standard InChI is InChI=1S/C10H10N2O/c11-10-8-4-3-7(6-1-2-6)5-9(8)13-12-10/h3-6H,1-2H2,(H2,11,12). The van der Waals surface area contributed by atoms with E-state index in [1.807, 2.05) is 6.07 Å². The molecule has 1 fully saturated rings. The van der Waals surface area contributed by atoms with Gasteiger partial charge in [-0.15, -0.1) is 0 Å². The molecule has 0 atom stereocenters. The van der Waals surface area contributed by atoms with Crippen molar-refractivity contribution >= 4 is 16.8 Å². The van der Waals surface area contributed by atoms with Crippen molar-refractivity contribution in [2.24, 2.45) is 0 Å². The van der Waals surface area contributed by atoms with Gasteiger partial charge >= 0.3 is 0 Å². The fraction of sp³-hybridized carbons (Fsp3) is 0.300. The van der Waals surface area contributed by atoms with Crippen LogP contribution in [0.2, 0.25) is 0 Å². The van der Waals surface area contributed by atoms with Gasteiger partial charge in [-0.05, 0) is 36.5 Å². The zero-order valence-electron chi connectivity index (χ0n) is 7.16. The first-order valence-corrected chi connectivity index (χ1v) is 4.49. The number of nitrogen functional groups attached to an aromatic ring is 1. The molecule has 0 radical (unpaired) electrons. The molecule has 66 valence electrons. The molecular weight excluding hydrogens is 164 g/mol. The predicted molar refractivity (Wildman–Crippen MR) is 50.4 cm³/mol. The lowest BCUT2D eigenvalue weighted by Crippen LogP contribution is -1.83. The molecule has 3 nitrogen and oxygen atoms in total. The molecule has 0 bridgehead atoms. The fourth-order valence-electron chi connectivity index (χ4n) is 1.64. The third-order valence-electron chi connectivity index (χ3n) is 2.57. The van der Waals surface area contributed by atoms with Crippen LogP contribution in [0.25, 0.3) is 11.0 Å². The van der Waals surface area contributed by atoms with E-state index in [9.17, 15) is 0 Å². The highest BCUT2D eigenvalue weighted by Crippen LogP contribution is 2.41. The summed E-state index contributed by atoms with van der Waals surface area (Å²) >= 11 is 0. The Morgan fingerprint density at radius 2 is 2.23 bits per heavy atom. The maximum atomic E-state index is 5.61. The maximum Gasteiger partial charge on any atom is 0.174 e. The van der Waals surface area contributed by atoms with E-state index in [1.165, 1.54) is 18.4 Å². The van der Waals surface area contributed by atoms with Crippen molar-refractivity contribution in [3.05, 3.63) is 23.8 Å². The van der Waals surface area contributed by atoms with Gasteiger partial charge in [0.05, 0.1) is 5.39 Å². The molecule has 13 heavy (non-hydrogen) atoms. The third kappa shape index (κ3) is 1.00. The van der Waals surface area contributed by atoms with E-state index < -0.39 is 0 Å². The number of fused-ring (bicyclic) bond motifs is 1. The maximum absolute atomic E-state index is 5.61. The first kappa shape index (κ1) is 6.95. The number of anilines is 1. The van der Waals surface area contributed by atoms with Crippen molar-refractivity contribution in [3.63, 3.8) is 0 Å². The Balaban J connectivity index is 2.21. The van der Waals surface area contributed by atoms with Gasteiger partial charge in [0.2, 0.25) is 0 Å². The first-order valence-electron chi connectivity index (χ1n) is 4.49. The normalized spacial score (nSPS) is 16.6. The number of nitrogens with two attached hydrogens (primary N) is 1. The lowest BCUT2D eigenvalue weighted by Gasteiger charge is -1.95. The molecule has 1 aromatic carbocycles. The molecule has 1 heterocycles. The van der Waals surface area contributed by atoms with Crippen LogP contribution in [0.1, 0.15) is 24.3 Å². The second kappa shape index (κ2) is 2.25. The van der Waals surface area contributed by atoms with Gasteiger partial charge in [-0.3, -0.25) is 0 Å². The van der Waals surface area contributed by atoms with Gasteiger partial charge in [-0.2, -0.15) is 0 Å². The van der Waals surface area contributed by atoms with Crippen LogP contribution in [0, 0.1) is 0 Å². The molecule has 0 saturated heterocycles. The molecule has 2 N–H and O–H groups in total. The van der Waals surface area contributed by atoms with Crippen molar-refractivity contribution in [1.82, 2.24) is 5.16 Å². The summed E-state index contributed by atoms with van der Waals surface area (Å²) in [7, 11) is 0. The molecule has 0 amide bonds. The van der Waals surface area contributed by atoms with Crippen LogP contribution in [-0.2, 0) is 0 Å². The average molecular weight is 174 g/mol. The molecule has 3 heteroatoms. The van der Waals surface area contributed by atoms with Gasteiger partial charge in [-0.1, -0.05) is 11.2 Å². The van der Waals surface area contributed by atoms with Gasteiger partial charge in [0.1, 0.15) is 0 Å². The summed E-state index contributed by atoms with van der Waals surface area (Å²) in [4.78, 5) is 0. The second-order valence-corrected chi connectivity index (χ2v) is 3.60. The number of hydrogen-bond donors (Lipinski definition) is 1. The van der Waals surface area contributed by atoms with E-state index in [-0.39, 0.29) is 0 Å². The third-order valence-corrected chi connectivity index (χ3v) is 2.57. The van der Waals surface area contributed by atoms with Crippen molar-refractivity contribution < 1.29 is 4.52 Å². The van der Waals surface area contributed by atoms with E-state index >= 15 is 0 Å². The molecule has 0 spiro atoms. The predicted octanol–water partition coefficient (Wildman–Crippen LogP) is 2.29. The number of aromatic nitrogens is 1. The van der Waals surface area contributed by atoms with E-state index in [0.717, 1.165) is 16.9 Å². The molecule has 1 aliphatic carbocycles. The highest BCUT2D eigenvalue weighted by molar-refractivity contribution is 5.87. The average Bonchev–Trinajstić information content (AvgIpc) is 2.93. The molecule has 3 rings (SSSR count). The van der Waals surface area contributed by atoms with Crippen molar-refractivity contribution in [1.29, 1.82) is 0 Å². The SMILES string of the molecule is Nc1noc2cc(C3CC3)ccc12. The minimum absolute atomic E-state index is 0.484. The van der Waals surface area contributed by atoms with E-state index in [1.54, 1.807) is 0 Å². The Labute approximate surface area is 75.5 Å². The quantitative estimate of drug-likeness (QED) is 0.721. The molecular formula is C10H10N2O. The lowest BCUT2D eigenvalue weighted by molar-refractivity contribution is 0.460. The number of benzene rings is 1. The number of rotatable bonds is 1. The van der Waals surface area contributed by atoms with Gasteiger partial charge < -0.3 is 10.3 Å². The molecule has 0 aliphatic heterocycles. The Morgan fingerprint density at radius 3 is 3.00 bits per heavy atom. The smallest absolute Gasteiger partial charge is 0.174 e. The lowest BCUT2D eigenvalue weighted by atomic mass is 10.1. The van der Waals surface area contributed by atoms with Crippen LogP contribution < -0.4 is 5.73 Å². The zero-order chi connectivity index (χ0) is 8.84. The van der Waals surface area contributed by atoms with Crippen molar-refractivity contribution in [3.8, 4) is 0 Å². The minimum atomic E-state index is 0.484. The summed E-state index contributed by atoms with van der Waals surface area (Å²) in [5.74, 6) is 1.23. The monoisotopic (exact) mass is 174 g/mol. The highest BCUT2D eigenvalue weighted by Gasteiger charge is 2.24. The second-order valence-electron chi connectivity index (χ2n) is 3.60. The largest absolute Gasteiger partial charge is 0.380 e. The van der Waals surface area contributed by atoms with Gasteiger partial charge in [0, 0.05) is 0 Å². The number of hydrogen-bond acceptors (Lipinski definition) is 3. The van der Waals surface area contributed by atoms with Crippen LogP contribution in [0.5, 0.6) is 0 Å². The molecule has 0 unspecified atom stereocenters. The molecule has 2 aromatic rings. The Hall–Kier alpha value is -1.51. The molecule has 1 saturated carbocycles. The topological polar surface area (TPSA) is 52.0 Å². The van der Waals surface area contributed by atoms with Crippen LogP contribution in [0.3, 0.4) is 0 Å². The van der Waals surface area contributed by atoms with Crippen molar-refractivity contribution in [2.45, 2.75) is 18.8 Å². The van der Waals surface area contributed by atoms with Gasteiger partial charge in [0.15, 0.2) is 11.4 Å². The van der Waals surface area contributed by atoms with E-state index in [4.69, 9.17) is 10.3 Å². The Bertz CT molecular complexity index is 457. The van der Waals surface area contributed by atoms with Crippen LogP contribution in [0.4, 0.5) is 5.82 Å². The zero-order valence-corrected chi connectivity index (χ0v) is 7.16. The highest BCUT2D eigenvalue weighted by atomic mass is 16.5. The van der Waals surface area contributed by atoms with E-state index in [2.05, 4.69) is 17.3 Å². The summed E-state index contributed by atoms with van der Waals surface area (Å²) in [6.07, 6.45) is 2.60. The summed E-state index contributed by atoms with van der Waals surface area (Å²) in [6, 6.07) is 6.17. The van der Waals surface area contributed by atoms with Crippen molar-refractivity contribution in [2.75, 3.05) is 5.73 Å². The van der Waals surface area contributed by atoms with Gasteiger partial charge in [0.25, 0.3) is 0 Å². The van der Waals surface area contributed by atoms with Crippen LogP contribution in [-0.4, -0.2) is 5.16 Å². The molecule has 1 aromatic heterocycles.